The van der Waals surface area contributed by atoms with Crippen molar-refractivity contribution in [3.8, 4) is 11.5 Å². The van der Waals surface area contributed by atoms with Crippen molar-refractivity contribution in [3.05, 3.63) is 66.0 Å². The predicted molar refractivity (Wildman–Crippen MR) is 93.6 cm³/mol. The molecule has 1 aromatic carbocycles. The van der Waals surface area contributed by atoms with Crippen molar-refractivity contribution in [2.24, 2.45) is 0 Å². The van der Waals surface area contributed by atoms with Crippen LogP contribution in [0.4, 0.5) is 0 Å². The van der Waals surface area contributed by atoms with E-state index in [0.29, 0.717) is 23.5 Å². The third-order valence-electron chi connectivity index (χ3n) is 3.74. The van der Waals surface area contributed by atoms with Gasteiger partial charge in [0.1, 0.15) is 0 Å². The van der Waals surface area contributed by atoms with E-state index >= 15 is 0 Å². The average Bonchev–Trinajstić information content (AvgIpc) is 2.61. The summed E-state index contributed by atoms with van der Waals surface area (Å²) >= 11 is 0. The first-order chi connectivity index (χ1) is 11.6. The Balaban J connectivity index is 2.28. The molecule has 1 atom stereocenters. The highest BCUT2D eigenvalue weighted by Gasteiger charge is 2.17. The molecular weight excluding hydrogens is 304 g/mol. The lowest BCUT2D eigenvalue weighted by molar-refractivity contribution is 0.0939. The molecule has 2 rings (SSSR count). The van der Waals surface area contributed by atoms with Gasteiger partial charge in [-0.1, -0.05) is 6.08 Å². The molecule has 0 radical (unpaired) electrons. The van der Waals surface area contributed by atoms with Crippen molar-refractivity contribution in [1.82, 2.24) is 10.3 Å². The first-order valence-electron chi connectivity index (χ1n) is 7.67. The minimum atomic E-state index is -0.175. The van der Waals surface area contributed by atoms with Gasteiger partial charge >= 0.3 is 0 Å². The summed E-state index contributed by atoms with van der Waals surface area (Å²) in [6.07, 6.45) is 5.76. The van der Waals surface area contributed by atoms with E-state index in [-0.39, 0.29) is 11.9 Å². The summed E-state index contributed by atoms with van der Waals surface area (Å²) in [5.74, 6) is 0.972. The number of benzene rings is 1. The molecule has 0 spiro atoms. The fraction of sp³-hybridized carbons (Fsp3) is 0.263. The summed E-state index contributed by atoms with van der Waals surface area (Å²) < 4.78 is 10.7. The van der Waals surface area contributed by atoms with E-state index in [1.165, 1.54) is 0 Å². The summed E-state index contributed by atoms with van der Waals surface area (Å²) in [7, 11) is 3.13. The van der Waals surface area contributed by atoms with Crippen LogP contribution in [0.3, 0.4) is 0 Å². The fourth-order valence-electron chi connectivity index (χ4n) is 2.50. The Kier molecular flexibility index (Phi) is 5.95. The highest BCUT2D eigenvalue weighted by molar-refractivity contribution is 5.95. The minimum Gasteiger partial charge on any atom is -0.493 e. The van der Waals surface area contributed by atoms with E-state index in [1.807, 2.05) is 19.1 Å². The molecule has 1 heterocycles. The molecule has 0 unspecified atom stereocenters. The average molecular weight is 326 g/mol. The van der Waals surface area contributed by atoms with Crippen LogP contribution in [0.5, 0.6) is 11.5 Å². The summed E-state index contributed by atoms with van der Waals surface area (Å²) in [4.78, 5) is 16.6. The SMILES string of the molecule is C=CCc1cc(C(=O)N[C@@H](C)c2ccncc2)cc(OC)c1OC. The molecule has 0 saturated heterocycles. The van der Waals surface area contributed by atoms with E-state index in [4.69, 9.17) is 9.47 Å². The number of carbonyl (C=O) groups excluding carboxylic acids is 1. The largest absolute Gasteiger partial charge is 0.493 e. The molecule has 0 aliphatic rings. The van der Waals surface area contributed by atoms with Crippen LogP contribution in [-0.4, -0.2) is 25.1 Å². The topological polar surface area (TPSA) is 60.5 Å². The van der Waals surface area contributed by atoms with Gasteiger partial charge in [0.2, 0.25) is 0 Å². The molecule has 0 aliphatic carbocycles. The van der Waals surface area contributed by atoms with E-state index in [0.717, 1.165) is 11.1 Å². The Morgan fingerprint density at radius 1 is 1.29 bits per heavy atom. The molecule has 1 N–H and O–H groups in total. The zero-order valence-electron chi connectivity index (χ0n) is 14.2. The van der Waals surface area contributed by atoms with Crippen LogP contribution >= 0.6 is 0 Å². The summed E-state index contributed by atoms with van der Waals surface area (Å²) in [6, 6.07) is 7.11. The lowest BCUT2D eigenvalue weighted by Crippen LogP contribution is -2.26. The maximum absolute atomic E-state index is 12.6. The molecule has 5 heteroatoms. The van der Waals surface area contributed by atoms with Crippen LogP contribution in [0.1, 0.15) is 34.5 Å². The quantitative estimate of drug-likeness (QED) is 0.793. The number of amides is 1. The van der Waals surface area contributed by atoms with Gasteiger partial charge in [0.15, 0.2) is 11.5 Å². The number of ether oxygens (including phenoxy) is 2. The summed E-state index contributed by atoms with van der Waals surface area (Å²) in [5.41, 5.74) is 2.36. The van der Waals surface area contributed by atoms with E-state index < -0.39 is 0 Å². The first kappa shape index (κ1) is 17.5. The van der Waals surface area contributed by atoms with Gasteiger partial charge in [-0.15, -0.1) is 6.58 Å². The van der Waals surface area contributed by atoms with Gasteiger partial charge in [-0.25, -0.2) is 0 Å². The van der Waals surface area contributed by atoms with Crippen molar-refractivity contribution in [3.63, 3.8) is 0 Å². The van der Waals surface area contributed by atoms with E-state index in [9.17, 15) is 4.79 Å². The van der Waals surface area contributed by atoms with E-state index in [2.05, 4.69) is 16.9 Å². The van der Waals surface area contributed by atoms with Gasteiger partial charge < -0.3 is 14.8 Å². The smallest absolute Gasteiger partial charge is 0.251 e. The van der Waals surface area contributed by atoms with Crippen LogP contribution in [-0.2, 0) is 6.42 Å². The van der Waals surface area contributed by atoms with Gasteiger partial charge in [0.05, 0.1) is 20.3 Å². The number of nitrogens with zero attached hydrogens (tertiary/aromatic N) is 1. The number of hydrogen-bond donors (Lipinski definition) is 1. The number of allylic oxidation sites excluding steroid dienone is 1. The molecule has 2 aromatic rings. The monoisotopic (exact) mass is 326 g/mol. The number of aromatic nitrogens is 1. The van der Waals surface area contributed by atoms with Crippen LogP contribution in [0.25, 0.3) is 0 Å². The third-order valence-corrected chi connectivity index (χ3v) is 3.74. The number of hydrogen-bond acceptors (Lipinski definition) is 4. The molecular formula is C19H22N2O3. The minimum absolute atomic E-state index is 0.128. The standard InChI is InChI=1S/C19H22N2O3/c1-5-6-15-11-16(12-17(23-3)18(15)24-4)19(22)21-13(2)14-7-9-20-10-8-14/h5,7-13H,1,6H2,2-4H3,(H,21,22)/t13-/m0/s1. The Morgan fingerprint density at radius 2 is 2.00 bits per heavy atom. The normalized spacial score (nSPS) is 11.5. The Hall–Kier alpha value is -2.82. The lowest BCUT2D eigenvalue weighted by Gasteiger charge is -2.17. The zero-order chi connectivity index (χ0) is 17.5. The molecule has 0 saturated carbocycles. The van der Waals surface area contributed by atoms with Gasteiger partial charge in [-0.3, -0.25) is 9.78 Å². The fourth-order valence-corrected chi connectivity index (χ4v) is 2.50. The Labute approximate surface area is 142 Å². The zero-order valence-corrected chi connectivity index (χ0v) is 14.2. The van der Waals surface area contributed by atoms with Crippen LogP contribution in [0.2, 0.25) is 0 Å². The maximum Gasteiger partial charge on any atom is 0.251 e. The molecule has 5 nitrogen and oxygen atoms in total. The van der Waals surface area contributed by atoms with Gasteiger partial charge in [0, 0.05) is 23.5 Å². The number of pyridine rings is 1. The molecule has 0 bridgehead atoms. The number of methoxy groups -OCH3 is 2. The number of carbonyl (C=O) groups is 1. The second kappa shape index (κ2) is 8.15. The number of rotatable bonds is 7. The van der Waals surface area contributed by atoms with Gasteiger partial charge in [-0.2, -0.15) is 0 Å². The number of nitrogens with one attached hydrogen (secondary N) is 1. The van der Waals surface area contributed by atoms with Crippen LogP contribution < -0.4 is 14.8 Å². The third kappa shape index (κ3) is 3.93. The molecule has 126 valence electrons. The molecule has 1 aromatic heterocycles. The maximum atomic E-state index is 12.6. The van der Waals surface area contributed by atoms with Crippen molar-refractivity contribution in [2.75, 3.05) is 14.2 Å². The second-order valence-corrected chi connectivity index (χ2v) is 5.34. The molecule has 0 fully saturated rings. The summed E-state index contributed by atoms with van der Waals surface area (Å²) in [6.45, 7) is 5.68. The van der Waals surface area contributed by atoms with Gasteiger partial charge in [0.25, 0.3) is 5.91 Å². The van der Waals surface area contributed by atoms with Crippen molar-refractivity contribution in [2.45, 2.75) is 19.4 Å². The summed E-state index contributed by atoms with van der Waals surface area (Å²) in [5, 5.41) is 2.98. The predicted octanol–water partition coefficient (Wildman–Crippen LogP) is 3.32. The highest BCUT2D eigenvalue weighted by Crippen LogP contribution is 2.33. The van der Waals surface area contributed by atoms with E-state index in [1.54, 1.807) is 44.8 Å². The molecule has 1 amide bonds. The van der Waals surface area contributed by atoms with Crippen LogP contribution in [0.15, 0.2) is 49.3 Å². The molecule has 0 aliphatic heterocycles. The Morgan fingerprint density at radius 3 is 2.58 bits per heavy atom. The van der Waals surface area contributed by atoms with Gasteiger partial charge in [-0.05, 0) is 43.2 Å². The highest BCUT2D eigenvalue weighted by atomic mass is 16.5. The second-order valence-electron chi connectivity index (χ2n) is 5.34. The van der Waals surface area contributed by atoms with Crippen molar-refractivity contribution >= 4 is 5.91 Å². The lowest BCUT2D eigenvalue weighted by atomic mass is 10.0. The van der Waals surface area contributed by atoms with Crippen molar-refractivity contribution < 1.29 is 14.3 Å². The van der Waals surface area contributed by atoms with Crippen LogP contribution in [0, 0.1) is 0 Å². The van der Waals surface area contributed by atoms with Crippen molar-refractivity contribution in [1.29, 1.82) is 0 Å². The first-order valence-corrected chi connectivity index (χ1v) is 7.67. The molecule has 24 heavy (non-hydrogen) atoms. The Bertz CT molecular complexity index is 714.